The van der Waals surface area contributed by atoms with Gasteiger partial charge in [-0.25, -0.2) is 0 Å². The Morgan fingerprint density at radius 3 is 1.62 bits per heavy atom. The van der Waals surface area contributed by atoms with Crippen LogP contribution in [-0.4, -0.2) is 29.3 Å². The lowest BCUT2D eigenvalue weighted by molar-refractivity contribution is 0.268. The van der Waals surface area contributed by atoms with E-state index < -0.39 is 0 Å². The third kappa shape index (κ3) is 11.1. The molecule has 2 aromatic rings. The zero-order valence-electron chi connectivity index (χ0n) is 14.8. The van der Waals surface area contributed by atoms with Gasteiger partial charge in [0.15, 0.2) is 0 Å². The number of aliphatic hydroxyl groups is 1. The van der Waals surface area contributed by atoms with E-state index >= 15 is 0 Å². The van der Waals surface area contributed by atoms with Crippen molar-refractivity contribution in [2.75, 3.05) is 14.2 Å². The summed E-state index contributed by atoms with van der Waals surface area (Å²) in [7, 11) is 3.21. The number of aliphatic hydroxyl groups excluding tert-OH is 1. The van der Waals surface area contributed by atoms with Gasteiger partial charge in [0.05, 0.1) is 26.5 Å². The Hall–Kier alpha value is 0.210. The molecule has 10 heteroatoms. The number of hydrogen-bond donors (Lipinski definition) is 1. The van der Waals surface area contributed by atoms with Crippen molar-refractivity contribution in [3.63, 3.8) is 0 Å². The number of aromatic nitrogens is 2. The minimum absolute atomic E-state index is 0.0785. The fourth-order valence-electron chi connectivity index (χ4n) is 1.78. The second kappa shape index (κ2) is 15.2. The van der Waals surface area contributed by atoms with Gasteiger partial charge in [0.25, 0.3) is 0 Å². The van der Waals surface area contributed by atoms with E-state index in [9.17, 15) is 0 Å². The van der Waals surface area contributed by atoms with E-state index in [0.717, 1.165) is 28.2 Å². The van der Waals surface area contributed by atoms with Crippen molar-refractivity contribution >= 4 is 66.4 Å². The molecule has 1 N–H and O–H groups in total. The first kappa shape index (κ1) is 26.2. The van der Waals surface area contributed by atoms with Crippen LogP contribution in [0.1, 0.15) is 22.8 Å². The third-order valence-electron chi connectivity index (χ3n) is 2.86. The fourth-order valence-corrected chi connectivity index (χ4v) is 2.18. The second-order valence-corrected chi connectivity index (χ2v) is 20.6. The molecule has 26 heavy (non-hydrogen) atoms. The van der Waals surface area contributed by atoms with E-state index in [0.29, 0.717) is 11.4 Å². The Morgan fingerprint density at radius 1 is 0.885 bits per heavy atom. The van der Waals surface area contributed by atoms with Gasteiger partial charge in [-0.3, -0.25) is 9.97 Å². The molecule has 0 aliphatic heterocycles. The van der Waals surface area contributed by atoms with E-state index in [1.807, 2.05) is 32.0 Å². The standard InChI is InChI=1S/C8H10BrNO.C8H11NO2.Br3P/c1-6-3-4-8(11-2)7(5-9)10-6;1-6-3-4-8(11-2)7(5-10)9-6;1-4(2)3/h3-4H,5H2,1-2H3;3-4,10H,5H2,1-2H3;. The Balaban J connectivity index is 0.000000401. The van der Waals surface area contributed by atoms with E-state index in [-0.39, 0.29) is 10.6 Å². The van der Waals surface area contributed by atoms with Crippen LogP contribution in [0, 0.1) is 13.8 Å². The first-order chi connectivity index (χ1) is 12.3. The maximum absolute atomic E-state index is 8.83. The molecule has 0 aromatic carbocycles. The molecule has 0 aliphatic rings. The van der Waals surface area contributed by atoms with Crippen LogP contribution in [0.15, 0.2) is 24.3 Å². The van der Waals surface area contributed by atoms with E-state index in [4.69, 9.17) is 14.6 Å². The SMILES string of the molecule is BrP(Br)Br.COc1ccc(C)nc1CBr.COc1ccc(C)nc1CO. The van der Waals surface area contributed by atoms with Crippen molar-refractivity contribution in [1.29, 1.82) is 0 Å². The van der Waals surface area contributed by atoms with Gasteiger partial charge in [0.1, 0.15) is 21.2 Å². The number of methoxy groups -OCH3 is 2. The molecule has 0 amide bonds. The van der Waals surface area contributed by atoms with E-state index in [1.54, 1.807) is 20.3 Å². The molecule has 0 unspecified atom stereocenters. The molecule has 0 bridgehead atoms. The third-order valence-corrected chi connectivity index (χ3v) is 3.39. The van der Waals surface area contributed by atoms with Crippen LogP contribution in [0.5, 0.6) is 11.5 Å². The highest BCUT2D eigenvalue weighted by Crippen LogP contribution is 2.59. The minimum Gasteiger partial charge on any atom is -0.495 e. The normalized spacial score (nSPS) is 9.62. The van der Waals surface area contributed by atoms with Gasteiger partial charge in [0.2, 0.25) is 0 Å². The molecule has 5 nitrogen and oxygen atoms in total. The van der Waals surface area contributed by atoms with Gasteiger partial charge in [-0.15, -0.1) is 0 Å². The number of nitrogens with zero attached hydrogens (tertiary/aromatic N) is 2. The van der Waals surface area contributed by atoms with Crippen molar-refractivity contribution in [2.24, 2.45) is 0 Å². The molecule has 0 spiro atoms. The predicted molar refractivity (Wildman–Crippen MR) is 123 cm³/mol. The summed E-state index contributed by atoms with van der Waals surface area (Å²) in [6, 6.07) is 7.51. The van der Waals surface area contributed by atoms with Crippen molar-refractivity contribution in [2.45, 2.75) is 25.8 Å². The minimum atomic E-state index is -0.183. The topological polar surface area (TPSA) is 64.5 Å². The first-order valence-electron chi connectivity index (χ1n) is 7.24. The molecule has 0 radical (unpaired) electrons. The van der Waals surface area contributed by atoms with Crippen LogP contribution in [0.25, 0.3) is 0 Å². The van der Waals surface area contributed by atoms with E-state index in [1.165, 1.54) is 0 Å². The van der Waals surface area contributed by atoms with Gasteiger partial charge in [-0.1, -0.05) is 15.9 Å². The lowest BCUT2D eigenvalue weighted by Crippen LogP contribution is -1.96. The molecule has 0 aliphatic carbocycles. The summed E-state index contributed by atoms with van der Waals surface area (Å²) in [5.41, 5.74) is 3.44. The molecule has 146 valence electrons. The Bertz CT molecular complexity index is 607. The Morgan fingerprint density at radius 2 is 1.27 bits per heavy atom. The summed E-state index contributed by atoms with van der Waals surface area (Å²) >= 11 is 12.8. The van der Waals surface area contributed by atoms with Crippen LogP contribution < -0.4 is 9.47 Å². The molecule has 0 saturated carbocycles. The molecule has 2 rings (SSSR count). The lowest BCUT2D eigenvalue weighted by Gasteiger charge is -2.04. The summed E-state index contributed by atoms with van der Waals surface area (Å²) < 4.78 is 9.88. The number of alkyl halides is 1. The number of aryl methyl sites for hydroxylation is 2. The van der Waals surface area contributed by atoms with Crippen LogP contribution in [0.2, 0.25) is 0 Å². The quantitative estimate of drug-likeness (QED) is 0.303. The predicted octanol–water partition coefficient (Wildman–Crippen LogP) is 6.58. The average molecular weight is 640 g/mol. The van der Waals surface area contributed by atoms with Crippen LogP contribution in [0.4, 0.5) is 0 Å². The molecule has 2 aromatic heterocycles. The highest BCUT2D eigenvalue weighted by atomic mass is 80.0. The summed E-state index contributed by atoms with van der Waals surface area (Å²) in [5.74, 6) is 1.48. The van der Waals surface area contributed by atoms with Crippen LogP contribution in [-0.2, 0) is 11.9 Å². The van der Waals surface area contributed by atoms with Gasteiger partial charge >= 0.3 is 0 Å². The van der Waals surface area contributed by atoms with Gasteiger partial charge in [-0.05, 0) is 84.6 Å². The maximum Gasteiger partial charge on any atom is 0.142 e. The highest BCUT2D eigenvalue weighted by molar-refractivity contribution is 9.93. The molecular formula is C16H21Br4N2O3P. The molecular weight excluding hydrogens is 619 g/mol. The van der Waals surface area contributed by atoms with Gasteiger partial charge in [0, 0.05) is 16.7 Å². The smallest absolute Gasteiger partial charge is 0.142 e. The van der Waals surface area contributed by atoms with Crippen molar-refractivity contribution in [1.82, 2.24) is 9.97 Å². The highest BCUT2D eigenvalue weighted by Gasteiger charge is 2.02. The summed E-state index contributed by atoms with van der Waals surface area (Å²) in [4.78, 5) is 8.38. The lowest BCUT2D eigenvalue weighted by atomic mass is 10.3. The number of ether oxygens (including phenoxy) is 2. The average Bonchev–Trinajstić information content (AvgIpc) is 2.61. The van der Waals surface area contributed by atoms with E-state index in [2.05, 4.69) is 72.4 Å². The molecule has 0 fully saturated rings. The van der Waals surface area contributed by atoms with Crippen molar-refractivity contribution in [3.05, 3.63) is 47.0 Å². The summed E-state index contributed by atoms with van der Waals surface area (Å²) in [6.07, 6.45) is 0. The Kier molecular flexibility index (Phi) is 15.3. The largest absolute Gasteiger partial charge is 0.495 e. The molecule has 0 saturated heterocycles. The number of halogens is 4. The first-order valence-corrected chi connectivity index (χ1v) is 15.8. The molecule has 0 atom stereocenters. The van der Waals surface area contributed by atoms with Crippen LogP contribution >= 0.6 is 66.4 Å². The summed E-state index contributed by atoms with van der Waals surface area (Å²) in [5, 5.41) is 9.57. The molecule has 2 heterocycles. The van der Waals surface area contributed by atoms with Crippen LogP contribution in [0.3, 0.4) is 0 Å². The van der Waals surface area contributed by atoms with Gasteiger partial charge in [-0.2, -0.15) is 0 Å². The van der Waals surface area contributed by atoms with Crippen molar-refractivity contribution in [3.8, 4) is 11.5 Å². The Labute approximate surface area is 188 Å². The monoisotopic (exact) mass is 636 g/mol. The zero-order chi connectivity index (χ0) is 20.1. The number of rotatable bonds is 4. The number of hydrogen-bond acceptors (Lipinski definition) is 5. The summed E-state index contributed by atoms with van der Waals surface area (Å²) in [6.45, 7) is 3.76. The zero-order valence-corrected chi connectivity index (χ0v) is 22.1. The fraction of sp³-hybridized carbons (Fsp3) is 0.375. The van der Waals surface area contributed by atoms with Gasteiger partial charge < -0.3 is 14.6 Å². The number of pyridine rings is 2. The second-order valence-electron chi connectivity index (χ2n) is 4.69. The van der Waals surface area contributed by atoms with Crippen molar-refractivity contribution < 1.29 is 14.6 Å². The maximum atomic E-state index is 8.83.